The first kappa shape index (κ1) is 17.6. The Morgan fingerprint density at radius 1 is 1.11 bits per heavy atom. The quantitative estimate of drug-likeness (QED) is 0.548. The van der Waals surface area contributed by atoms with Crippen LogP contribution in [-0.4, -0.2) is 25.6 Å². The lowest BCUT2D eigenvalue weighted by atomic mass is 10.1. The van der Waals surface area contributed by atoms with Crippen molar-refractivity contribution in [2.45, 2.75) is 26.4 Å². The average molecular weight is 379 g/mol. The van der Waals surface area contributed by atoms with E-state index < -0.39 is 0 Å². The molecule has 27 heavy (non-hydrogen) atoms. The van der Waals surface area contributed by atoms with Crippen LogP contribution in [0.2, 0.25) is 0 Å². The Morgan fingerprint density at radius 3 is 2.67 bits per heavy atom. The Balaban J connectivity index is 1.48. The van der Waals surface area contributed by atoms with Crippen LogP contribution >= 0.6 is 11.7 Å². The number of ether oxygens (including phenoxy) is 1. The summed E-state index contributed by atoms with van der Waals surface area (Å²) in [6.45, 7) is 5.02. The first-order chi connectivity index (χ1) is 13.2. The molecule has 1 atom stereocenters. The highest BCUT2D eigenvalue weighted by molar-refractivity contribution is 7.00. The van der Waals surface area contributed by atoms with Gasteiger partial charge in [0, 0.05) is 23.8 Å². The zero-order valence-electron chi connectivity index (χ0n) is 15.5. The van der Waals surface area contributed by atoms with Crippen molar-refractivity contribution < 1.29 is 4.74 Å². The van der Waals surface area contributed by atoms with Gasteiger partial charge in [-0.1, -0.05) is 6.07 Å². The highest BCUT2D eigenvalue weighted by Crippen LogP contribution is 2.22. The van der Waals surface area contributed by atoms with Crippen molar-refractivity contribution in [3.8, 4) is 11.4 Å². The van der Waals surface area contributed by atoms with E-state index in [4.69, 9.17) is 4.74 Å². The normalized spacial score (nSPS) is 12.4. The molecule has 1 unspecified atom stereocenters. The maximum Gasteiger partial charge on any atom is 0.119 e. The Labute approximate surface area is 162 Å². The van der Waals surface area contributed by atoms with E-state index in [-0.39, 0.29) is 6.04 Å². The molecular formula is C20H21N5OS. The first-order valence-corrected chi connectivity index (χ1v) is 9.52. The Hall–Kier alpha value is -2.77. The Morgan fingerprint density at radius 2 is 1.89 bits per heavy atom. The predicted octanol–water partition coefficient (Wildman–Crippen LogP) is 4.04. The second-order valence-electron chi connectivity index (χ2n) is 6.49. The minimum Gasteiger partial charge on any atom is -0.497 e. The molecule has 0 aliphatic carbocycles. The summed E-state index contributed by atoms with van der Waals surface area (Å²) >= 11 is 1.25. The summed E-state index contributed by atoms with van der Waals surface area (Å²) in [7, 11) is 1.67. The summed E-state index contributed by atoms with van der Waals surface area (Å²) in [6.07, 6.45) is 1.94. The average Bonchev–Trinajstić information content (AvgIpc) is 3.32. The third kappa shape index (κ3) is 3.56. The summed E-state index contributed by atoms with van der Waals surface area (Å²) < 4.78 is 15.7. The van der Waals surface area contributed by atoms with Crippen molar-refractivity contribution in [2.24, 2.45) is 0 Å². The highest BCUT2D eigenvalue weighted by atomic mass is 32.1. The monoisotopic (exact) mass is 379 g/mol. The minimum atomic E-state index is 0.182. The molecule has 0 spiro atoms. The van der Waals surface area contributed by atoms with E-state index in [9.17, 15) is 0 Å². The largest absolute Gasteiger partial charge is 0.497 e. The first-order valence-electron chi connectivity index (χ1n) is 8.79. The molecule has 2 aromatic carbocycles. The molecule has 0 aliphatic heterocycles. The second kappa shape index (κ2) is 7.46. The van der Waals surface area contributed by atoms with Gasteiger partial charge in [-0.15, -0.1) is 0 Å². The minimum absolute atomic E-state index is 0.182. The van der Waals surface area contributed by atoms with Gasteiger partial charge in [0.15, 0.2) is 0 Å². The number of hydrogen-bond donors (Lipinski definition) is 1. The molecule has 0 aliphatic rings. The third-order valence-corrected chi connectivity index (χ3v) is 5.32. The van der Waals surface area contributed by atoms with Gasteiger partial charge in [0.25, 0.3) is 0 Å². The van der Waals surface area contributed by atoms with Crippen molar-refractivity contribution in [3.05, 3.63) is 65.5 Å². The summed E-state index contributed by atoms with van der Waals surface area (Å²) in [6, 6.07) is 14.3. The van der Waals surface area contributed by atoms with Crippen molar-refractivity contribution in [1.82, 2.24) is 23.8 Å². The molecule has 0 fully saturated rings. The molecule has 4 aromatic rings. The van der Waals surface area contributed by atoms with Gasteiger partial charge < -0.3 is 10.1 Å². The smallest absolute Gasteiger partial charge is 0.119 e. The van der Waals surface area contributed by atoms with Gasteiger partial charge in [-0.2, -0.15) is 13.8 Å². The molecule has 0 saturated heterocycles. The summed E-state index contributed by atoms with van der Waals surface area (Å²) in [5, 5.41) is 8.15. The SMILES string of the molecule is COc1ccc(-n2ncc(C(C)NCc3ccc4nsnc4c3)c2C)cc1. The molecule has 7 heteroatoms. The van der Waals surface area contributed by atoms with Gasteiger partial charge in [0.2, 0.25) is 0 Å². The number of methoxy groups -OCH3 is 1. The van der Waals surface area contributed by atoms with E-state index in [1.54, 1.807) is 7.11 Å². The number of nitrogens with zero attached hydrogens (tertiary/aromatic N) is 4. The molecule has 0 radical (unpaired) electrons. The molecular weight excluding hydrogens is 358 g/mol. The number of fused-ring (bicyclic) bond motifs is 1. The van der Waals surface area contributed by atoms with Gasteiger partial charge >= 0.3 is 0 Å². The fourth-order valence-corrected chi connectivity index (χ4v) is 3.67. The maximum atomic E-state index is 5.23. The van der Waals surface area contributed by atoms with E-state index in [2.05, 4.69) is 45.1 Å². The van der Waals surface area contributed by atoms with E-state index in [0.29, 0.717) is 0 Å². The van der Waals surface area contributed by atoms with Gasteiger partial charge in [-0.05, 0) is 55.8 Å². The zero-order chi connectivity index (χ0) is 18.8. The Kier molecular flexibility index (Phi) is 4.87. The molecule has 2 heterocycles. The zero-order valence-corrected chi connectivity index (χ0v) is 16.3. The number of nitrogens with one attached hydrogen (secondary N) is 1. The van der Waals surface area contributed by atoms with Crippen LogP contribution < -0.4 is 10.1 Å². The van der Waals surface area contributed by atoms with E-state index in [1.165, 1.54) is 22.9 Å². The lowest BCUT2D eigenvalue weighted by Gasteiger charge is -2.14. The summed E-state index contributed by atoms with van der Waals surface area (Å²) in [5.74, 6) is 0.839. The lowest BCUT2D eigenvalue weighted by molar-refractivity contribution is 0.414. The topological polar surface area (TPSA) is 64.9 Å². The standard InChI is InChI=1S/C20H21N5OS/c1-13(21-11-15-4-9-19-20(10-15)24-27-23-19)18-12-22-25(14(18)2)16-5-7-17(26-3)8-6-16/h4-10,12-13,21H,11H2,1-3H3. The van der Waals surface area contributed by atoms with Gasteiger partial charge in [-0.3, -0.25) is 0 Å². The van der Waals surface area contributed by atoms with Gasteiger partial charge in [0.1, 0.15) is 16.8 Å². The van der Waals surface area contributed by atoms with Gasteiger partial charge in [-0.25, -0.2) is 4.68 Å². The van der Waals surface area contributed by atoms with Crippen LogP contribution in [0.5, 0.6) is 5.75 Å². The molecule has 4 rings (SSSR count). The van der Waals surface area contributed by atoms with Gasteiger partial charge in [0.05, 0.1) is 30.7 Å². The number of rotatable bonds is 6. The predicted molar refractivity (Wildman–Crippen MR) is 108 cm³/mol. The summed E-state index contributed by atoms with van der Waals surface area (Å²) in [5.41, 5.74) is 6.43. The van der Waals surface area contributed by atoms with Crippen LogP contribution in [0.4, 0.5) is 0 Å². The number of hydrogen-bond acceptors (Lipinski definition) is 6. The fraction of sp³-hybridized carbons (Fsp3) is 0.250. The van der Waals surface area contributed by atoms with Crippen molar-refractivity contribution in [2.75, 3.05) is 7.11 Å². The number of aromatic nitrogens is 4. The molecule has 0 bridgehead atoms. The molecule has 138 valence electrons. The molecule has 1 N–H and O–H groups in total. The van der Waals surface area contributed by atoms with Crippen LogP contribution in [0.15, 0.2) is 48.7 Å². The van der Waals surface area contributed by atoms with Crippen LogP contribution in [-0.2, 0) is 6.54 Å². The van der Waals surface area contributed by atoms with E-state index >= 15 is 0 Å². The summed E-state index contributed by atoms with van der Waals surface area (Å²) in [4.78, 5) is 0. The fourth-order valence-electron chi connectivity index (χ4n) is 3.15. The molecule has 2 aromatic heterocycles. The molecule has 0 amide bonds. The molecule has 6 nitrogen and oxygen atoms in total. The van der Waals surface area contributed by atoms with Crippen molar-refractivity contribution >= 4 is 22.8 Å². The van der Waals surface area contributed by atoms with Crippen molar-refractivity contribution in [1.29, 1.82) is 0 Å². The Bertz CT molecular complexity index is 1050. The van der Waals surface area contributed by atoms with Crippen molar-refractivity contribution in [3.63, 3.8) is 0 Å². The number of benzene rings is 2. The van der Waals surface area contributed by atoms with Crippen LogP contribution in [0, 0.1) is 6.92 Å². The maximum absolute atomic E-state index is 5.23. The second-order valence-corrected chi connectivity index (χ2v) is 7.01. The van der Waals surface area contributed by atoms with Crippen LogP contribution in [0.3, 0.4) is 0 Å². The van der Waals surface area contributed by atoms with E-state index in [0.717, 1.165) is 34.7 Å². The lowest BCUT2D eigenvalue weighted by Crippen LogP contribution is -2.18. The van der Waals surface area contributed by atoms with Crippen LogP contribution in [0.1, 0.15) is 29.8 Å². The third-order valence-electron chi connectivity index (χ3n) is 4.76. The highest BCUT2D eigenvalue weighted by Gasteiger charge is 2.14. The van der Waals surface area contributed by atoms with Crippen LogP contribution in [0.25, 0.3) is 16.7 Å². The van der Waals surface area contributed by atoms with E-state index in [1.807, 2.05) is 41.2 Å². The molecule has 0 saturated carbocycles.